The summed E-state index contributed by atoms with van der Waals surface area (Å²) in [5.74, 6) is 0. The standard InChI is InChI=1S/C33H21Br2N5S/c34-22-14-18-25(19-15-22)39-31(41)38(24-8-2-1-3-9-24)32-29-12-6-4-10-27(29)28-11-5-7-13-30(28)33(32,39)37-40(36-32)26-20-16-23(35)17-21-26/h1-21H/t32-,33+/m1/s1. The lowest BCUT2D eigenvalue weighted by Crippen LogP contribution is -2.55. The Balaban J connectivity index is 1.53. The maximum Gasteiger partial charge on any atom is 0.225 e. The van der Waals surface area contributed by atoms with Crippen molar-refractivity contribution < 1.29 is 4.81 Å². The van der Waals surface area contributed by atoms with E-state index >= 15 is 0 Å². The van der Waals surface area contributed by atoms with Crippen molar-refractivity contribution in [3.63, 3.8) is 0 Å². The highest BCUT2D eigenvalue weighted by Crippen LogP contribution is 2.68. The van der Waals surface area contributed by atoms with Gasteiger partial charge in [-0.2, -0.15) is 10.5 Å². The zero-order valence-corrected chi connectivity index (χ0v) is 25.5. The van der Waals surface area contributed by atoms with Crippen LogP contribution in [0.2, 0.25) is 0 Å². The lowest BCUT2D eigenvalue weighted by molar-refractivity contribution is -0.457. The summed E-state index contributed by atoms with van der Waals surface area (Å²) >= 11 is 13.6. The molecule has 8 rings (SSSR count). The number of rotatable bonds is 3. The fraction of sp³-hybridized carbons (Fsp3) is 0.0606. The van der Waals surface area contributed by atoms with Gasteiger partial charge in [-0.1, -0.05) is 98.6 Å². The van der Waals surface area contributed by atoms with Crippen LogP contribution >= 0.6 is 44.1 Å². The van der Waals surface area contributed by atoms with Gasteiger partial charge >= 0.3 is 0 Å². The third kappa shape index (κ3) is 3.29. The van der Waals surface area contributed by atoms with Gasteiger partial charge in [0.05, 0.1) is 0 Å². The van der Waals surface area contributed by atoms with E-state index in [9.17, 15) is 0 Å². The smallest absolute Gasteiger partial charge is 0.225 e. The van der Waals surface area contributed by atoms with Crippen molar-refractivity contribution in [2.24, 2.45) is 5.11 Å². The molecule has 3 aliphatic rings. The molecule has 1 fully saturated rings. The first-order chi connectivity index (χ1) is 20.0. The SMILES string of the molecule is S=C1N(c2ccccc2)[C@@]23N=[N+](c4ccc(Br)cc4)[N-][C@@]2(c2ccccc2-c2ccccc23)N1c1ccc(Br)cc1. The van der Waals surface area contributed by atoms with Crippen LogP contribution in [0.5, 0.6) is 0 Å². The molecule has 5 aromatic rings. The lowest BCUT2D eigenvalue weighted by Gasteiger charge is -2.50. The molecule has 198 valence electrons. The maximum absolute atomic E-state index is 6.44. The van der Waals surface area contributed by atoms with Gasteiger partial charge in [0, 0.05) is 32.5 Å². The number of halogens is 2. The average Bonchev–Trinajstić information content (AvgIpc) is 3.47. The summed E-state index contributed by atoms with van der Waals surface area (Å²) in [7, 11) is 0. The highest BCUT2D eigenvalue weighted by atomic mass is 79.9. The molecular weight excluding hydrogens is 658 g/mol. The molecule has 41 heavy (non-hydrogen) atoms. The Labute approximate surface area is 260 Å². The molecule has 0 N–H and O–H groups in total. The molecule has 2 heterocycles. The normalized spacial score (nSPS) is 21.9. The molecule has 1 aliphatic carbocycles. The summed E-state index contributed by atoms with van der Waals surface area (Å²) in [4.78, 5) is 6.19. The molecule has 0 aromatic heterocycles. The van der Waals surface area contributed by atoms with Gasteiger partial charge in [-0.25, -0.2) is 0 Å². The molecule has 2 aliphatic heterocycles. The second-order valence-corrected chi connectivity index (χ2v) is 12.4. The van der Waals surface area contributed by atoms with Crippen LogP contribution in [0.4, 0.5) is 17.1 Å². The first-order valence-electron chi connectivity index (χ1n) is 13.2. The minimum Gasteiger partial charge on any atom is -0.300 e. The van der Waals surface area contributed by atoms with Crippen molar-refractivity contribution in [1.29, 1.82) is 0 Å². The quantitative estimate of drug-likeness (QED) is 0.141. The van der Waals surface area contributed by atoms with Gasteiger partial charge in [-0.3, -0.25) is 0 Å². The van der Waals surface area contributed by atoms with E-state index in [0.29, 0.717) is 5.11 Å². The number of benzene rings is 5. The van der Waals surface area contributed by atoms with Crippen LogP contribution in [0, 0.1) is 0 Å². The van der Waals surface area contributed by atoms with E-state index in [-0.39, 0.29) is 0 Å². The Hall–Kier alpha value is -3.85. The summed E-state index contributed by atoms with van der Waals surface area (Å²) in [6.07, 6.45) is 0. The van der Waals surface area contributed by atoms with E-state index in [4.69, 9.17) is 22.8 Å². The van der Waals surface area contributed by atoms with Crippen LogP contribution in [0.25, 0.3) is 16.6 Å². The van der Waals surface area contributed by atoms with E-state index in [1.165, 1.54) is 0 Å². The number of para-hydroxylation sites is 1. The van der Waals surface area contributed by atoms with E-state index in [1.807, 2.05) is 54.6 Å². The van der Waals surface area contributed by atoms with E-state index in [0.717, 1.165) is 48.3 Å². The van der Waals surface area contributed by atoms with Crippen molar-refractivity contribution in [2.75, 3.05) is 9.80 Å². The third-order valence-electron chi connectivity index (χ3n) is 8.05. The molecule has 5 aromatic carbocycles. The van der Waals surface area contributed by atoms with E-state index < -0.39 is 11.3 Å². The average molecular weight is 679 g/mol. The number of thiocarbonyl (C=S) groups is 1. The zero-order chi connectivity index (χ0) is 27.8. The summed E-state index contributed by atoms with van der Waals surface area (Å²) in [5, 5.41) is 6.21. The summed E-state index contributed by atoms with van der Waals surface area (Å²) in [6, 6.07) is 43.7. The number of anilines is 2. The zero-order valence-electron chi connectivity index (χ0n) is 21.5. The van der Waals surface area contributed by atoms with Crippen molar-refractivity contribution in [3.05, 3.63) is 153 Å². The van der Waals surface area contributed by atoms with Gasteiger partial charge in [-0.15, -0.1) is 4.81 Å². The minimum absolute atomic E-state index is 0.632. The fourth-order valence-electron chi connectivity index (χ4n) is 6.43. The van der Waals surface area contributed by atoms with Crippen LogP contribution in [0.3, 0.4) is 0 Å². The van der Waals surface area contributed by atoms with Gasteiger partial charge in [0.2, 0.25) is 5.69 Å². The third-order valence-corrected chi connectivity index (χ3v) is 9.47. The molecule has 8 heteroatoms. The van der Waals surface area contributed by atoms with E-state index in [1.54, 1.807) is 4.81 Å². The first-order valence-corrected chi connectivity index (χ1v) is 15.2. The fourth-order valence-corrected chi connectivity index (χ4v) is 7.44. The molecule has 2 atom stereocenters. The number of hydrogen-bond acceptors (Lipinski definition) is 2. The van der Waals surface area contributed by atoms with Gasteiger partial charge < -0.3 is 9.80 Å². The van der Waals surface area contributed by atoms with Gasteiger partial charge in [0.25, 0.3) is 0 Å². The van der Waals surface area contributed by atoms with Crippen LogP contribution in [-0.2, 0) is 11.3 Å². The molecule has 5 nitrogen and oxygen atoms in total. The van der Waals surface area contributed by atoms with E-state index in [2.05, 4.69) is 114 Å². The highest BCUT2D eigenvalue weighted by molar-refractivity contribution is 9.10. The van der Waals surface area contributed by atoms with Crippen molar-refractivity contribution in [1.82, 2.24) is 0 Å². The highest BCUT2D eigenvalue weighted by Gasteiger charge is 2.72. The summed E-state index contributed by atoms with van der Waals surface area (Å²) < 4.78 is 1.99. The van der Waals surface area contributed by atoms with Crippen molar-refractivity contribution in [2.45, 2.75) is 11.3 Å². The monoisotopic (exact) mass is 677 g/mol. The van der Waals surface area contributed by atoms with Gasteiger partial charge in [-0.05, 0) is 83.0 Å². The molecule has 0 spiro atoms. The Morgan fingerprint density at radius 3 is 1.83 bits per heavy atom. The predicted molar refractivity (Wildman–Crippen MR) is 173 cm³/mol. The second kappa shape index (κ2) is 9.08. The minimum atomic E-state index is -1.04. The largest absolute Gasteiger partial charge is 0.300 e. The predicted octanol–water partition coefficient (Wildman–Crippen LogP) is 9.61. The molecule has 0 amide bonds. The maximum atomic E-state index is 6.44. The lowest BCUT2D eigenvalue weighted by atomic mass is 9.71. The van der Waals surface area contributed by atoms with Crippen molar-refractivity contribution in [3.8, 4) is 11.1 Å². The summed E-state index contributed by atoms with van der Waals surface area (Å²) in [5.41, 5.74) is 10.6. The van der Waals surface area contributed by atoms with Crippen LogP contribution in [0.15, 0.2) is 141 Å². The Morgan fingerprint density at radius 1 is 0.610 bits per heavy atom. The topological polar surface area (TPSA) is 36.0 Å². The molecule has 0 saturated carbocycles. The Morgan fingerprint density at radius 2 is 1.15 bits per heavy atom. The van der Waals surface area contributed by atoms with Crippen LogP contribution < -0.4 is 9.80 Å². The molecule has 0 unspecified atom stereocenters. The molecule has 1 saturated heterocycles. The molecule has 0 radical (unpaired) electrons. The second-order valence-electron chi connectivity index (χ2n) is 10.2. The van der Waals surface area contributed by atoms with Gasteiger partial charge in [0.1, 0.15) is 0 Å². The summed E-state index contributed by atoms with van der Waals surface area (Å²) in [6.45, 7) is 0. The Bertz CT molecular complexity index is 1880. The van der Waals surface area contributed by atoms with Crippen LogP contribution in [-0.4, -0.2) is 9.92 Å². The molecule has 0 bridgehead atoms. The first kappa shape index (κ1) is 24.9. The Kier molecular flexibility index (Phi) is 5.51. The van der Waals surface area contributed by atoms with Gasteiger partial charge in [0.15, 0.2) is 16.4 Å². The number of hydrogen-bond donors (Lipinski definition) is 0. The number of azo groups is 1. The van der Waals surface area contributed by atoms with Crippen molar-refractivity contribution >= 4 is 66.3 Å². The molecular formula is C33H21Br2N5S. The number of nitrogens with zero attached hydrogens (tertiary/aromatic N) is 5. The number of fused-ring (bicyclic) bond motifs is 3. The van der Waals surface area contributed by atoms with Crippen LogP contribution in [0.1, 0.15) is 11.1 Å².